The Morgan fingerprint density at radius 1 is 1.32 bits per heavy atom. The Labute approximate surface area is 148 Å². The number of nitrogens with one attached hydrogen (secondary N) is 2. The van der Waals surface area contributed by atoms with Crippen LogP contribution in [0.5, 0.6) is 5.75 Å². The van der Waals surface area contributed by atoms with Gasteiger partial charge in [-0.15, -0.1) is 11.3 Å². The molecule has 2 aromatic heterocycles. The van der Waals surface area contributed by atoms with Gasteiger partial charge >= 0.3 is 0 Å². The fourth-order valence-electron chi connectivity index (χ4n) is 2.61. The molecule has 1 aromatic carbocycles. The number of carbonyl (C=O) groups is 1. The molecule has 130 valence electrons. The average molecular weight is 357 g/mol. The molecule has 0 saturated carbocycles. The average Bonchev–Trinajstić information content (AvgIpc) is 2.88. The highest BCUT2D eigenvalue weighted by Crippen LogP contribution is 2.26. The van der Waals surface area contributed by atoms with Crippen LogP contribution in [0.25, 0.3) is 10.2 Å². The number of hydrogen-bond acceptors (Lipinski definition) is 5. The van der Waals surface area contributed by atoms with E-state index in [0.717, 1.165) is 15.3 Å². The Hall–Kier alpha value is -2.67. The molecule has 3 rings (SSSR count). The van der Waals surface area contributed by atoms with Crippen LogP contribution in [0, 0.1) is 13.8 Å². The minimum atomic E-state index is -0.161. The summed E-state index contributed by atoms with van der Waals surface area (Å²) in [4.78, 5) is 33.5. The minimum Gasteiger partial charge on any atom is -0.495 e. The Bertz CT molecular complexity index is 991. The van der Waals surface area contributed by atoms with Crippen LogP contribution in [0.2, 0.25) is 0 Å². The van der Waals surface area contributed by atoms with Crippen molar-refractivity contribution < 1.29 is 9.53 Å². The van der Waals surface area contributed by atoms with Gasteiger partial charge in [0, 0.05) is 17.7 Å². The molecule has 2 heterocycles. The van der Waals surface area contributed by atoms with Crippen molar-refractivity contribution in [3.05, 3.63) is 50.9 Å². The van der Waals surface area contributed by atoms with Crippen LogP contribution in [0.4, 0.5) is 5.69 Å². The van der Waals surface area contributed by atoms with E-state index in [1.807, 2.05) is 26.0 Å². The number of amides is 1. The van der Waals surface area contributed by atoms with E-state index >= 15 is 0 Å². The van der Waals surface area contributed by atoms with Gasteiger partial charge in [-0.2, -0.15) is 0 Å². The number of fused-ring (bicyclic) bond motifs is 1. The Kier molecular flexibility index (Phi) is 4.85. The molecule has 3 aromatic rings. The third-order valence-electron chi connectivity index (χ3n) is 4.06. The number of H-pyrrole nitrogens is 1. The van der Waals surface area contributed by atoms with E-state index in [2.05, 4.69) is 15.3 Å². The van der Waals surface area contributed by atoms with E-state index < -0.39 is 0 Å². The number of anilines is 1. The topological polar surface area (TPSA) is 84.1 Å². The van der Waals surface area contributed by atoms with E-state index in [4.69, 9.17) is 4.74 Å². The Morgan fingerprint density at radius 3 is 2.84 bits per heavy atom. The first-order valence-corrected chi connectivity index (χ1v) is 8.73. The van der Waals surface area contributed by atoms with Crippen molar-refractivity contribution >= 4 is 33.1 Å². The SMILES string of the molecule is COc1ccccc1NC(=O)CCc1nc2sc(C)c(C)c2c(=O)[nH]1. The van der Waals surface area contributed by atoms with Crippen molar-refractivity contribution in [2.75, 3.05) is 12.4 Å². The highest BCUT2D eigenvalue weighted by molar-refractivity contribution is 7.18. The number of aryl methyl sites for hydroxylation is 3. The molecule has 0 aliphatic rings. The monoisotopic (exact) mass is 357 g/mol. The van der Waals surface area contributed by atoms with E-state index in [1.54, 1.807) is 19.2 Å². The van der Waals surface area contributed by atoms with E-state index in [1.165, 1.54) is 11.3 Å². The Balaban J connectivity index is 1.72. The summed E-state index contributed by atoms with van der Waals surface area (Å²) in [5, 5.41) is 3.46. The number of carbonyl (C=O) groups excluding carboxylic acids is 1. The van der Waals surface area contributed by atoms with Crippen LogP contribution in [0.1, 0.15) is 22.7 Å². The molecule has 0 atom stereocenters. The third-order valence-corrected chi connectivity index (χ3v) is 5.16. The largest absolute Gasteiger partial charge is 0.495 e. The second-order valence-corrected chi connectivity index (χ2v) is 6.93. The molecular weight excluding hydrogens is 338 g/mol. The first-order valence-electron chi connectivity index (χ1n) is 7.91. The molecule has 0 bridgehead atoms. The summed E-state index contributed by atoms with van der Waals surface area (Å²) in [6, 6.07) is 7.22. The molecule has 0 radical (unpaired) electrons. The van der Waals surface area contributed by atoms with Crippen molar-refractivity contribution in [1.29, 1.82) is 0 Å². The lowest BCUT2D eigenvalue weighted by atomic mass is 10.2. The maximum absolute atomic E-state index is 12.2. The van der Waals surface area contributed by atoms with Crippen LogP contribution < -0.4 is 15.6 Å². The van der Waals surface area contributed by atoms with Gasteiger partial charge in [0.05, 0.1) is 18.2 Å². The summed E-state index contributed by atoms with van der Waals surface area (Å²) in [5.74, 6) is 0.966. The molecule has 1 amide bonds. The zero-order valence-corrected chi connectivity index (χ0v) is 15.1. The van der Waals surface area contributed by atoms with Gasteiger partial charge in [-0.05, 0) is 31.5 Å². The molecule has 0 spiro atoms. The van der Waals surface area contributed by atoms with Crippen molar-refractivity contribution in [2.45, 2.75) is 26.7 Å². The second-order valence-electron chi connectivity index (χ2n) is 5.72. The number of rotatable bonds is 5. The van der Waals surface area contributed by atoms with Crippen LogP contribution in [0.3, 0.4) is 0 Å². The third kappa shape index (κ3) is 3.56. The van der Waals surface area contributed by atoms with Crippen LogP contribution in [-0.4, -0.2) is 23.0 Å². The molecule has 7 heteroatoms. The molecule has 0 saturated heterocycles. The number of ether oxygens (including phenoxy) is 1. The van der Waals surface area contributed by atoms with Crippen LogP contribution in [-0.2, 0) is 11.2 Å². The van der Waals surface area contributed by atoms with Crippen LogP contribution in [0.15, 0.2) is 29.1 Å². The standard InChI is InChI=1S/C18H19N3O3S/c1-10-11(2)25-18-16(10)17(23)20-14(21-18)8-9-15(22)19-12-6-4-5-7-13(12)24-3/h4-7H,8-9H2,1-3H3,(H,19,22)(H,20,21,23). The summed E-state index contributed by atoms with van der Waals surface area (Å²) in [6.45, 7) is 3.90. The highest BCUT2D eigenvalue weighted by atomic mass is 32.1. The molecule has 0 aliphatic heterocycles. The van der Waals surface area contributed by atoms with Gasteiger partial charge in [-0.25, -0.2) is 4.98 Å². The van der Waals surface area contributed by atoms with Crippen molar-refractivity contribution in [1.82, 2.24) is 9.97 Å². The Morgan fingerprint density at radius 2 is 2.08 bits per heavy atom. The molecule has 0 unspecified atom stereocenters. The number of benzene rings is 1. The summed E-state index contributed by atoms with van der Waals surface area (Å²) < 4.78 is 5.21. The molecule has 0 aliphatic carbocycles. The lowest BCUT2D eigenvalue weighted by molar-refractivity contribution is -0.116. The number of hydrogen-bond donors (Lipinski definition) is 2. The molecule has 0 fully saturated rings. The molecule has 2 N–H and O–H groups in total. The first-order chi connectivity index (χ1) is 12.0. The fraction of sp³-hybridized carbons (Fsp3) is 0.278. The van der Waals surface area contributed by atoms with Crippen molar-refractivity contribution in [3.63, 3.8) is 0 Å². The zero-order valence-electron chi connectivity index (χ0n) is 14.3. The van der Waals surface area contributed by atoms with E-state index in [0.29, 0.717) is 29.1 Å². The normalized spacial score (nSPS) is 10.8. The minimum absolute atomic E-state index is 0.146. The van der Waals surface area contributed by atoms with E-state index in [-0.39, 0.29) is 17.9 Å². The summed E-state index contributed by atoms with van der Waals surface area (Å²) in [5.41, 5.74) is 1.44. The van der Waals surface area contributed by atoms with Crippen molar-refractivity contribution in [2.24, 2.45) is 0 Å². The van der Waals surface area contributed by atoms with Crippen LogP contribution >= 0.6 is 11.3 Å². The van der Waals surface area contributed by atoms with Gasteiger partial charge in [-0.3, -0.25) is 9.59 Å². The van der Waals surface area contributed by atoms with Gasteiger partial charge in [0.2, 0.25) is 5.91 Å². The maximum atomic E-state index is 12.2. The first kappa shape index (κ1) is 17.2. The number of aromatic amines is 1. The second kappa shape index (κ2) is 7.06. The number of methoxy groups -OCH3 is 1. The van der Waals surface area contributed by atoms with Gasteiger partial charge in [0.15, 0.2) is 0 Å². The number of nitrogens with zero attached hydrogens (tertiary/aromatic N) is 1. The van der Waals surface area contributed by atoms with E-state index in [9.17, 15) is 9.59 Å². The smallest absolute Gasteiger partial charge is 0.259 e. The highest BCUT2D eigenvalue weighted by Gasteiger charge is 2.13. The predicted molar refractivity (Wildman–Crippen MR) is 99.7 cm³/mol. The van der Waals surface area contributed by atoms with Gasteiger partial charge in [0.25, 0.3) is 5.56 Å². The van der Waals surface area contributed by atoms with Gasteiger partial charge < -0.3 is 15.0 Å². The molecule has 25 heavy (non-hydrogen) atoms. The van der Waals surface area contributed by atoms with Crippen molar-refractivity contribution in [3.8, 4) is 5.75 Å². The zero-order chi connectivity index (χ0) is 18.0. The summed E-state index contributed by atoms with van der Waals surface area (Å²) in [7, 11) is 1.56. The summed E-state index contributed by atoms with van der Waals surface area (Å²) in [6.07, 6.45) is 0.581. The quantitative estimate of drug-likeness (QED) is 0.734. The number of para-hydroxylation sites is 2. The molecule has 6 nitrogen and oxygen atoms in total. The maximum Gasteiger partial charge on any atom is 0.259 e. The lowest BCUT2D eigenvalue weighted by Crippen LogP contribution is -2.16. The lowest BCUT2D eigenvalue weighted by Gasteiger charge is -2.09. The predicted octanol–water partition coefficient (Wildman–Crippen LogP) is 3.18. The fourth-order valence-corrected chi connectivity index (χ4v) is 3.66. The van der Waals surface area contributed by atoms with Gasteiger partial charge in [0.1, 0.15) is 16.4 Å². The number of aromatic nitrogens is 2. The number of thiophene rings is 1. The van der Waals surface area contributed by atoms with Gasteiger partial charge in [-0.1, -0.05) is 12.1 Å². The summed E-state index contributed by atoms with van der Waals surface area (Å²) >= 11 is 1.50. The molecular formula is C18H19N3O3S.